The first-order chi connectivity index (χ1) is 9.31. The lowest BCUT2D eigenvalue weighted by Gasteiger charge is -2.09. The third-order valence-corrected chi connectivity index (χ3v) is 4.13. The molecular formula is C16H13NOS. The van der Waals surface area contributed by atoms with Gasteiger partial charge in [0.15, 0.2) is 0 Å². The molecule has 0 saturated heterocycles. The maximum absolute atomic E-state index is 12.0. The molecule has 94 valence electrons. The average molecular weight is 267 g/mol. The Morgan fingerprint density at radius 3 is 2.63 bits per heavy atom. The molecule has 0 saturated carbocycles. The second kappa shape index (κ2) is 4.86. The van der Waals surface area contributed by atoms with Gasteiger partial charge in [0.1, 0.15) is 0 Å². The van der Waals surface area contributed by atoms with E-state index in [0.29, 0.717) is 5.56 Å². The highest BCUT2D eigenvalue weighted by atomic mass is 32.1. The number of fused-ring (bicyclic) bond motifs is 1. The predicted molar refractivity (Wildman–Crippen MR) is 80.7 cm³/mol. The molecule has 1 amide bonds. The zero-order valence-corrected chi connectivity index (χ0v) is 11.3. The lowest BCUT2D eigenvalue weighted by atomic mass is 9.98. The van der Waals surface area contributed by atoms with Gasteiger partial charge in [0, 0.05) is 22.9 Å². The first-order valence-electron chi connectivity index (χ1n) is 6.09. The molecule has 0 radical (unpaired) electrons. The summed E-state index contributed by atoms with van der Waals surface area (Å²) in [5.41, 5.74) is 2.81. The van der Waals surface area contributed by atoms with E-state index >= 15 is 0 Å². The maximum atomic E-state index is 12.0. The van der Waals surface area contributed by atoms with Crippen molar-refractivity contribution in [1.82, 2.24) is 5.32 Å². The van der Waals surface area contributed by atoms with E-state index in [2.05, 4.69) is 28.9 Å². The van der Waals surface area contributed by atoms with Gasteiger partial charge in [0.05, 0.1) is 0 Å². The van der Waals surface area contributed by atoms with Gasteiger partial charge in [-0.15, -0.1) is 11.3 Å². The van der Waals surface area contributed by atoms with Crippen molar-refractivity contribution in [3.05, 3.63) is 59.5 Å². The van der Waals surface area contributed by atoms with Crippen molar-refractivity contribution in [3.8, 4) is 11.1 Å². The monoisotopic (exact) mass is 267 g/mol. The van der Waals surface area contributed by atoms with Crippen molar-refractivity contribution in [1.29, 1.82) is 0 Å². The number of amides is 1. The van der Waals surface area contributed by atoms with Crippen LogP contribution >= 0.6 is 11.3 Å². The van der Waals surface area contributed by atoms with Gasteiger partial charge in [-0.25, -0.2) is 0 Å². The lowest BCUT2D eigenvalue weighted by molar-refractivity contribution is 0.0964. The fourth-order valence-electron chi connectivity index (χ4n) is 2.26. The lowest BCUT2D eigenvalue weighted by Crippen LogP contribution is -2.18. The number of nitrogens with one attached hydrogen (secondary N) is 1. The van der Waals surface area contributed by atoms with Crippen molar-refractivity contribution in [3.63, 3.8) is 0 Å². The average Bonchev–Trinajstić information content (AvgIpc) is 2.94. The number of carbonyl (C=O) groups excluding carboxylic acids is 1. The minimum Gasteiger partial charge on any atom is -0.355 e. The van der Waals surface area contributed by atoms with Crippen LogP contribution in [0, 0.1) is 0 Å². The van der Waals surface area contributed by atoms with E-state index in [0.717, 1.165) is 11.1 Å². The van der Waals surface area contributed by atoms with E-state index in [4.69, 9.17) is 0 Å². The number of carbonyl (C=O) groups is 1. The molecule has 3 aromatic rings. The highest BCUT2D eigenvalue weighted by Gasteiger charge is 2.13. The Kier molecular flexibility index (Phi) is 3.05. The highest BCUT2D eigenvalue weighted by molar-refractivity contribution is 7.17. The van der Waals surface area contributed by atoms with Gasteiger partial charge in [-0.05, 0) is 28.5 Å². The van der Waals surface area contributed by atoms with E-state index in [1.165, 1.54) is 10.1 Å². The molecule has 1 N–H and O–H groups in total. The second-order valence-corrected chi connectivity index (χ2v) is 5.19. The molecule has 0 bridgehead atoms. The molecule has 1 heterocycles. The molecule has 0 aliphatic carbocycles. The first-order valence-corrected chi connectivity index (χ1v) is 6.97. The predicted octanol–water partition coefficient (Wildman–Crippen LogP) is 3.93. The second-order valence-electron chi connectivity index (χ2n) is 4.27. The molecule has 0 fully saturated rings. The van der Waals surface area contributed by atoms with Crippen LogP contribution in [0.25, 0.3) is 21.2 Å². The van der Waals surface area contributed by atoms with Crippen LogP contribution in [0.1, 0.15) is 10.4 Å². The van der Waals surface area contributed by atoms with Crippen LogP contribution < -0.4 is 5.32 Å². The standard InChI is InChI=1S/C16H13NOS/c1-17-16(18)14-7-3-2-6-12(14)13-8-4-5-11-9-10-19-15(11)13/h2-10H,1H3,(H,17,18). The normalized spacial score (nSPS) is 10.6. The van der Waals surface area contributed by atoms with Crippen LogP contribution in [0.5, 0.6) is 0 Å². The van der Waals surface area contributed by atoms with Gasteiger partial charge in [0.25, 0.3) is 5.91 Å². The topological polar surface area (TPSA) is 29.1 Å². The molecule has 0 atom stereocenters. The van der Waals surface area contributed by atoms with Crippen LogP contribution in [0.2, 0.25) is 0 Å². The first kappa shape index (κ1) is 11.9. The summed E-state index contributed by atoms with van der Waals surface area (Å²) in [6, 6.07) is 16.0. The number of rotatable bonds is 2. The van der Waals surface area contributed by atoms with E-state index in [1.807, 2.05) is 30.3 Å². The third kappa shape index (κ3) is 2.02. The quantitative estimate of drug-likeness (QED) is 0.749. The Bertz CT molecular complexity index is 745. The summed E-state index contributed by atoms with van der Waals surface area (Å²) in [4.78, 5) is 12.0. The number of hydrogen-bond acceptors (Lipinski definition) is 2. The van der Waals surface area contributed by atoms with Gasteiger partial charge >= 0.3 is 0 Å². The summed E-state index contributed by atoms with van der Waals surface area (Å²) >= 11 is 1.71. The molecule has 0 spiro atoms. The van der Waals surface area contributed by atoms with Crippen LogP contribution in [0.4, 0.5) is 0 Å². The molecule has 0 aliphatic rings. The van der Waals surface area contributed by atoms with Crippen molar-refractivity contribution in [2.45, 2.75) is 0 Å². The molecule has 1 aromatic heterocycles. The summed E-state index contributed by atoms with van der Waals surface area (Å²) in [6.45, 7) is 0. The Balaban J connectivity index is 2.27. The zero-order chi connectivity index (χ0) is 13.2. The van der Waals surface area contributed by atoms with E-state index in [1.54, 1.807) is 18.4 Å². The maximum Gasteiger partial charge on any atom is 0.251 e. The van der Waals surface area contributed by atoms with Gasteiger partial charge in [-0.3, -0.25) is 4.79 Å². The van der Waals surface area contributed by atoms with E-state index in [-0.39, 0.29) is 5.91 Å². The number of benzene rings is 2. The molecule has 2 nitrogen and oxygen atoms in total. The molecule has 2 aromatic carbocycles. The summed E-state index contributed by atoms with van der Waals surface area (Å²) in [5.74, 6) is -0.0517. The highest BCUT2D eigenvalue weighted by Crippen LogP contribution is 2.34. The van der Waals surface area contributed by atoms with E-state index in [9.17, 15) is 4.79 Å². The molecule has 3 heteroatoms. The van der Waals surface area contributed by atoms with E-state index < -0.39 is 0 Å². The van der Waals surface area contributed by atoms with Gasteiger partial charge in [-0.1, -0.05) is 36.4 Å². The SMILES string of the molecule is CNC(=O)c1ccccc1-c1cccc2ccsc12. The molecule has 0 unspecified atom stereocenters. The Hall–Kier alpha value is -2.13. The number of thiophene rings is 1. The fraction of sp³-hybridized carbons (Fsp3) is 0.0625. The summed E-state index contributed by atoms with van der Waals surface area (Å²) in [7, 11) is 1.66. The van der Waals surface area contributed by atoms with Crippen molar-refractivity contribution in [2.24, 2.45) is 0 Å². The minimum absolute atomic E-state index is 0.0517. The Morgan fingerprint density at radius 2 is 1.79 bits per heavy atom. The van der Waals surface area contributed by atoms with Crippen LogP contribution in [0.3, 0.4) is 0 Å². The van der Waals surface area contributed by atoms with Crippen molar-refractivity contribution >= 4 is 27.3 Å². The van der Waals surface area contributed by atoms with Gasteiger partial charge in [0.2, 0.25) is 0 Å². The molecule has 19 heavy (non-hydrogen) atoms. The smallest absolute Gasteiger partial charge is 0.251 e. The summed E-state index contributed by atoms with van der Waals surface area (Å²) in [6.07, 6.45) is 0. The summed E-state index contributed by atoms with van der Waals surface area (Å²) in [5, 5.41) is 5.99. The van der Waals surface area contributed by atoms with Crippen LogP contribution in [0.15, 0.2) is 53.9 Å². The zero-order valence-electron chi connectivity index (χ0n) is 10.5. The Morgan fingerprint density at radius 1 is 1.00 bits per heavy atom. The van der Waals surface area contributed by atoms with Gasteiger partial charge < -0.3 is 5.32 Å². The largest absolute Gasteiger partial charge is 0.355 e. The van der Waals surface area contributed by atoms with Crippen molar-refractivity contribution < 1.29 is 4.79 Å². The molecule has 3 rings (SSSR count). The summed E-state index contributed by atoms with van der Waals surface area (Å²) < 4.78 is 1.22. The van der Waals surface area contributed by atoms with Crippen LogP contribution in [-0.4, -0.2) is 13.0 Å². The minimum atomic E-state index is -0.0517. The fourth-order valence-corrected chi connectivity index (χ4v) is 3.18. The third-order valence-electron chi connectivity index (χ3n) is 3.17. The Labute approximate surface area is 115 Å². The van der Waals surface area contributed by atoms with Crippen molar-refractivity contribution in [2.75, 3.05) is 7.05 Å². The van der Waals surface area contributed by atoms with Crippen LogP contribution in [-0.2, 0) is 0 Å². The molecular weight excluding hydrogens is 254 g/mol. The van der Waals surface area contributed by atoms with Gasteiger partial charge in [-0.2, -0.15) is 0 Å². The number of hydrogen-bond donors (Lipinski definition) is 1. The molecule has 0 aliphatic heterocycles.